The van der Waals surface area contributed by atoms with E-state index in [1.54, 1.807) is 12.3 Å². The van der Waals surface area contributed by atoms with Crippen LogP contribution in [0.1, 0.15) is 24.9 Å². The molecular weight excluding hydrogens is 323 g/mol. The lowest BCUT2D eigenvalue weighted by atomic mass is 10.3. The molecule has 7 nitrogen and oxygen atoms in total. The molecular formula is C14H14ClFN6O. The van der Waals surface area contributed by atoms with E-state index in [0.717, 1.165) is 12.8 Å². The average molecular weight is 337 g/mol. The highest BCUT2D eigenvalue weighted by Gasteiger charge is 2.08. The summed E-state index contributed by atoms with van der Waals surface area (Å²) >= 11 is 5.76. The first-order valence-electron chi connectivity index (χ1n) is 7.08. The van der Waals surface area contributed by atoms with Gasteiger partial charge in [-0.1, -0.05) is 28.8 Å². The average Bonchev–Trinajstić information content (AvgIpc) is 3.18. The second kappa shape index (κ2) is 6.74. The van der Waals surface area contributed by atoms with Gasteiger partial charge >= 0.3 is 6.01 Å². The van der Waals surface area contributed by atoms with Crippen LogP contribution in [0.15, 0.2) is 28.8 Å². The molecule has 0 bridgehead atoms. The Morgan fingerprint density at radius 3 is 2.96 bits per heavy atom. The van der Waals surface area contributed by atoms with E-state index in [-0.39, 0.29) is 5.02 Å². The smallest absolute Gasteiger partial charge is 0.315 e. The minimum Gasteiger partial charge on any atom is -0.408 e. The summed E-state index contributed by atoms with van der Waals surface area (Å²) in [5.41, 5.74) is 1.29. The second-order valence-electron chi connectivity index (χ2n) is 4.86. The molecule has 0 saturated carbocycles. The van der Waals surface area contributed by atoms with Crippen molar-refractivity contribution in [1.29, 1.82) is 0 Å². The third kappa shape index (κ3) is 3.65. The molecule has 0 amide bonds. The predicted octanol–water partition coefficient (Wildman–Crippen LogP) is 3.01. The fourth-order valence-electron chi connectivity index (χ4n) is 1.94. The molecule has 2 heterocycles. The van der Waals surface area contributed by atoms with E-state index in [2.05, 4.69) is 25.8 Å². The Hall–Kier alpha value is -2.48. The van der Waals surface area contributed by atoms with E-state index < -0.39 is 5.82 Å². The molecule has 0 radical (unpaired) electrons. The van der Waals surface area contributed by atoms with Crippen molar-refractivity contribution < 1.29 is 8.81 Å². The Kier molecular flexibility index (Phi) is 4.52. The molecule has 3 aromatic rings. The van der Waals surface area contributed by atoms with Crippen LogP contribution in [0.4, 0.5) is 10.4 Å². The Balaban J connectivity index is 1.65. The first-order valence-corrected chi connectivity index (χ1v) is 7.46. The topological polar surface area (TPSA) is 81.7 Å². The van der Waals surface area contributed by atoms with Gasteiger partial charge in [0, 0.05) is 6.42 Å². The summed E-state index contributed by atoms with van der Waals surface area (Å²) in [4.78, 5) is 0. The van der Waals surface area contributed by atoms with Gasteiger partial charge in [-0.3, -0.25) is 0 Å². The van der Waals surface area contributed by atoms with E-state index in [1.165, 1.54) is 16.8 Å². The van der Waals surface area contributed by atoms with Gasteiger partial charge in [0.15, 0.2) is 0 Å². The van der Waals surface area contributed by atoms with Gasteiger partial charge in [-0.15, -0.1) is 10.2 Å². The lowest BCUT2D eigenvalue weighted by Gasteiger charge is -2.01. The minimum absolute atomic E-state index is 0.0342. The molecule has 9 heteroatoms. The maximum absolute atomic E-state index is 13.2. The summed E-state index contributed by atoms with van der Waals surface area (Å²) < 4.78 is 20.1. The third-order valence-corrected chi connectivity index (χ3v) is 3.35. The number of aromatic nitrogens is 5. The number of anilines is 1. The molecule has 2 aromatic heterocycles. The number of hydrogen-bond acceptors (Lipinski definition) is 6. The zero-order valence-corrected chi connectivity index (χ0v) is 13.1. The summed E-state index contributed by atoms with van der Waals surface area (Å²) in [5.74, 6) is 0.122. The molecule has 0 aliphatic carbocycles. The number of rotatable bonds is 6. The van der Waals surface area contributed by atoms with Crippen molar-refractivity contribution in [3.8, 4) is 5.69 Å². The van der Waals surface area contributed by atoms with Crippen molar-refractivity contribution in [2.24, 2.45) is 0 Å². The molecule has 0 aliphatic heterocycles. The van der Waals surface area contributed by atoms with Crippen molar-refractivity contribution in [3.63, 3.8) is 0 Å². The Morgan fingerprint density at radius 1 is 1.30 bits per heavy atom. The quantitative estimate of drug-likeness (QED) is 0.745. The summed E-state index contributed by atoms with van der Waals surface area (Å²) in [5, 5.41) is 18.8. The lowest BCUT2D eigenvalue weighted by Crippen LogP contribution is -2.00. The van der Waals surface area contributed by atoms with Crippen LogP contribution >= 0.6 is 11.6 Å². The van der Waals surface area contributed by atoms with Gasteiger partial charge in [-0.2, -0.15) is 0 Å². The molecule has 1 aromatic carbocycles. The molecule has 1 N–H and O–H groups in total. The van der Waals surface area contributed by atoms with Crippen LogP contribution in [0.25, 0.3) is 5.69 Å². The lowest BCUT2D eigenvalue weighted by molar-refractivity contribution is 0.500. The van der Waals surface area contributed by atoms with Crippen LogP contribution in [-0.2, 0) is 13.0 Å². The first-order chi connectivity index (χ1) is 11.2. The normalized spacial score (nSPS) is 10.9. The van der Waals surface area contributed by atoms with E-state index in [4.69, 9.17) is 16.0 Å². The van der Waals surface area contributed by atoms with E-state index in [0.29, 0.717) is 29.8 Å². The van der Waals surface area contributed by atoms with Crippen LogP contribution < -0.4 is 5.32 Å². The van der Waals surface area contributed by atoms with Crippen molar-refractivity contribution >= 4 is 17.6 Å². The van der Waals surface area contributed by atoms with Crippen LogP contribution in [0, 0.1) is 5.82 Å². The van der Waals surface area contributed by atoms with Crippen molar-refractivity contribution in [1.82, 2.24) is 25.2 Å². The van der Waals surface area contributed by atoms with Crippen LogP contribution in [-0.4, -0.2) is 25.2 Å². The van der Waals surface area contributed by atoms with Crippen molar-refractivity contribution in [3.05, 3.63) is 46.8 Å². The summed E-state index contributed by atoms with van der Waals surface area (Å²) in [6.07, 6.45) is 3.40. The highest BCUT2D eigenvalue weighted by molar-refractivity contribution is 6.30. The van der Waals surface area contributed by atoms with E-state index >= 15 is 0 Å². The molecule has 0 aliphatic rings. The molecule has 0 fully saturated rings. The largest absolute Gasteiger partial charge is 0.408 e. The molecule has 0 unspecified atom stereocenters. The summed E-state index contributed by atoms with van der Waals surface area (Å²) in [6, 6.07) is 4.68. The summed E-state index contributed by atoms with van der Waals surface area (Å²) in [7, 11) is 0. The number of aryl methyl sites for hydroxylation is 1. The predicted molar refractivity (Wildman–Crippen MR) is 81.9 cm³/mol. The van der Waals surface area contributed by atoms with E-state index in [1.807, 2.05) is 6.92 Å². The molecule has 120 valence electrons. The number of nitrogens with zero attached hydrogens (tertiary/aromatic N) is 5. The van der Waals surface area contributed by atoms with Crippen LogP contribution in [0.5, 0.6) is 0 Å². The Bertz CT molecular complexity index is 802. The highest BCUT2D eigenvalue weighted by atomic mass is 35.5. The fraction of sp³-hybridized carbons (Fsp3) is 0.286. The van der Waals surface area contributed by atoms with Gasteiger partial charge in [0.25, 0.3) is 0 Å². The van der Waals surface area contributed by atoms with Gasteiger partial charge in [0.1, 0.15) is 11.5 Å². The maximum Gasteiger partial charge on any atom is 0.315 e. The SMILES string of the molecule is CCCc1nnc(NCc2cn(-c3ccc(F)c(Cl)c3)nn2)o1. The van der Waals surface area contributed by atoms with Gasteiger partial charge in [0.05, 0.1) is 23.5 Å². The number of benzene rings is 1. The van der Waals surface area contributed by atoms with Gasteiger partial charge in [-0.25, -0.2) is 9.07 Å². The summed E-state index contributed by atoms with van der Waals surface area (Å²) in [6.45, 7) is 2.42. The van der Waals surface area contributed by atoms with Crippen molar-refractivity contribution in [2.75, 3.05) is 5.32 Å². The molecule has 0 saturated heterocycles. The zero-order chi connectivity index (χ0) is 16.2. The number of hydrogen-bond donors (Lipinski definition) is 1. The van der Waals surface area contributed by atoms with Crippen LogP contribution in [0.3, 0.4) is 0 Å². The van der Waals surface area contributed by atoms with Gasteiger partial charge < -0.3 is 9.73 Å². The third-order valence-electron chi connectivity index (χ3n) is 3.06. The van der Waals surface area contributed by atoms with E-state index in [9.17, 15) is 4.39 Å². The number of halogens is 2. The van der Waals surface area contributed by atoms with Gasteiger partial charge in [0.2, 0.25) is 5.89 Å². The fourth-order valence-corrected chi connectivity index (χ4v) is 2.11. The molecule has 3 rings (SSSR count). The molecule has 0 atom stereocenters. The standard InChI is InChI=1S/C14H14ClFN6O/c1-2-3-13-19-20-14(23-13)17-7-9-8-22(21-18-9)10-4-5-12(16)11(15)6-10/h4-6,8H,2-3,7H2,1H3,(H,17,20). The molecule has 23 heavy (non-hydrogen) atoms. The monoisotopic (exact) mass is 336 g/mol. The second-order valence-corrected chi connectivity index (χ2v) is 5.26. The van der Waals surface area contributed by atoms with Gasteiger partial charge in [-0.05, 0) is 24.6 Å². The first kappa shape index (κ1) is 15.4. The zero-order valence-electron chi connectivity index (χ0n) is 12.3. The van der Waals surface area contributed by atoms with Crippen LogP contribution in [0.2, 0.25) is 5.02 Å². The Labute approximate surface area is 136 Å². The van der Waals surface area contributed by atoms with Crippen molar-refractivity contribution in [2.45, 2.75) is 26.3 Å². The number of nitrogens with one attached hydrogen (secondary N) is 1. The maximum atomic E-state index is 13.2. The minimum atomic E-state index is -0.475. The Morgan fingerprint density at radius 2 is 2.17 bits per heavy atom. The molecule has 0 spiro atoms. The highest BCUT2D eigenvalue weighted by Crippen LogP contribution is 2.18.